The number of aliphatic hydroxyl groups is 3. The largest absolute Gasteiger partial charge is 0.393 e. The maximum absolute atomic E-state index is 9.70. The summed E-state index contributed by atoms with van der Waals surface area (Å²) in [7, 11) is 2.62. The third-order valence-electron chi connectivity index (χ3n) is 2.14. The van der Waals surface area contributed by atoms with Crippen LogP contribution in [0.1, 0.15) is 0 Å². The highest BCUT2D eigenvalue weighted by Gasteiger charge is 2.56. The molecule has 1 heterocycles. The summed E-state index contributed by atoms with van der Waals surface area (Å²) in [6, 6.07) is 0. The van der Waals surface area contributed by atoms with Crippen molar-refractivity contribution in [1.29, 1.82) is 0 Å². The summed E-state index contributed by atoms with van der Waals surface area (Å²) in [6.45, 7) is -0.660. The van der Waals surface area contributed by atoms with E-state index in [1.165, 1.54) is 14.2 Å². The van der Waals surface area contributed by atoms with E-state index >= 15 is 0 Å². The summed E-state index contributed by atoms with van der Waals surface area (Å²) in [4.78, 5) is 0. The van der Waals surface area contributed by atoms with Crippen molar-refractivity contribution in [3.05, 3.63) is 0 Å². The van der Waals surface area contributed by atoms with E-state index in [9.17, 15) is 10.2 Å². The van der Waals surface area contributed by atoms with E-state index in [-0.39, 0.29) is 0 Å². The minimum absolute atomic E-state index is 0.660. The molecule has 13 heavy (non-hydrogen) atoms. The van der Waals surface area contributed by atoms with E-state index in [0.29, 0.717) is 0 Å². The van der Waals surface area contributed by atoms with Crippen molar-refractivity contribution in [1.82, 2.24) is 0 Å². The average molecular weight is 194 g/mol. The fraction of sp³-hybridized carbons (Fsp3) is 1.00. The molecule has 4 unspecified atom stereocenters. The van der Waals surface area contributed by atoms with E-state index < -0.39 is 30.9 Å². The lowest BCUT2D eigenvalue weighted by molar-refractivity contribution is -0.223. The zero-order chi connectivity index (χ0) is 10.1. The fourth-order valence-corrected chi connectivity index (χ4v) is 1.30. The van der Waals surface area contributed by atoms with Crippen LogP contribution in [0.25, 0.3) is 0 Å². The van der Waals surface area contributed by atoms with Crippen LogP contribution in [0.5, 0.6) is 0 Å². The Morgan fingerprint density at radius 1 is 1.38 bits per heavy atom. The highest BCUT2D eigenvalue weighted by molar-refractivity contribution is 4.97. The Morgan fingerprint density at radius 2 is 2.00 bits per heavy atom. The SMILES string of the molecule is COC1OC(OC)C(O)(CO)C1O. The first-order valence-electron chi connectivity index (χ1n) is 3.82. The first kappa shape index (κ1) is 10.8. The normalized spacial score (nSPS) is 45.5. The molecular weight excluding hydrogens is 180 g/mol. The van der Waals surface area contributed by atoms with Gasteiger partial charge in [0, 0.05) is 14.2 Å². The summed E-state index contributed by atoms with van der Waals surface area (Å²) in [5.41, 5.74) is -1.82. The van der Waals surface area contributed by atoms with Crippen LogP contribution < -0.4 is 0 Å². The van der Waals surface area contributed by atoms with Gasteiger partial charge in [0.1, 0.15) is 6.10 Å². The standard InChI is InChI=1S/C7H14O6/c1-11-5-4(9)7(10,3-8)6(12-2)13-5/h4-6,8-10H,3H2,1-2H3. The Bertz CT molecular complexity index is 170. The predicted molar refractivity (Wildman–Crippen MR) is 40.7 cm³/mol. The van der Waals surface area contributed by atoms with Gasteiger partial charge in [0.2, 0.25) is 0 Å². The summed E-state index contributed by atoms with van der Waals surface area (Å²) >= 11 is 0. The maximum Gasteiger partial charge on any atom is 0.194 e. The molecule has 0 spiro atoms. The van der Waals surface area contributed by atoms with Crippen molar-refractivity contribution >= 4 is 0 Å². The first-order chi connectivity index (χ1) is 6.10. The molecule has 0 aliphatic carbocycles. The van der Waals surface area contributed by atoms with Gasteiger partial charge in [-0.05, 0) is 0 Å². The molecule has 1 aliphatic rings. The number of rotatable bonds is 3. The zero-order valence-electron chi connectivity index (χ0n) is 7.51. The summed E-state index contributed by atoms with van der Waals surface area (Å²) in [6.07, 6.45) is -3.40. The van der Waals surface area contributed by atoms with E-state index in [2.05, 4.69) is 0 Å². The van der Waals surface area contributed by atoms with Gasteiger partial charge in [0.05, 0.1) is 6.61 Å². The van der Waals surface area contributed by atoms with Crippen molar-refractivity contribution in [3.63, 3.8) is 0 Å². The molecule has 1 rings (SSSR count). The summed E-state index contributed by atoms with van der Waals surface area (Å²) in [5.74, 6) is 0. The molecule has 0 bridgehead atoms. The minimum atomic E-state index is -1.82. The Labute approximate surface area is 75.6 Å². The highest BCUT2D eigenvalue weighted by Crippen LogP contribution is 2.31. The van der Waals surface area contributed by atoms with Crippen molar-refractivity contribution in [2.75, 3.05) is 20.8 Å². The number of hydrogen-bond donors (Lipinski definition) is 3. The van der Waals surface area contributed by atoms with Gasteiger partial charge in [-0.1, -0.05) is 0 Å². The molecule has 6 nitrogen and oxygen atoms in total. The van der Waals surface area contributed by atoms with Crippen LogP contribution in [0.3, 0.4) is 0 Å². The number of ether oxygens (including phenoxy) is 3. The average Bonchev–Trinajstić information content (AvgIpc) is 2.41. The maximum atomic E-state index is 9.70. The van der Waals surface area contributed by atoms with Crippen molar-refractivity contribution in [2.24, 2.45) is 0 Å². The molecule has 1 fully saturated rings. The molecule has 1 aliphatic heterocycles. The lowest BCUT2D eigenvalue weighted by Crippen LogP contribution is -2.52. The molecule has 0 aromatic rings. The van der Waals surface area contributed by atoms with Gasteiger partial charge in [-0.2, -0.15) is 0 Å². The van der Waals surface area contributed by atoms with Crippen molar-refractivity contribution in [3.8, 4) is 0 Å². The van der Waals surface area contributed by atoms with E-state index in [1.807, 2.05) is 0 Å². The van der Waals surface area contributed by atoms with Crippen molar-refractivity contribution < 1.29 is 29.5 Å². The van der Waals surface area contributed by atoms with Gasteiger partial charge in [-0.25, -0.2) is 0 Å². The molecular formula is C7H14O6. The third kappa shape index (κ3) is 1.56. The molecule has 0 amide bonds. The Balaban J connectivity index is 2.80. The lowest BCUT2D eigenvalue weighted by Gasteiger charge is -2.26. The quantitative estimate of drug-likeness (QED) is 0.484. The van der Waals surface area contributed by atoms with E-state index in [0.717, 1.165) is 0 Å². The number of methoxy groups -OCH3 is 2. The number of hydrogen-bond acceptors (Lipinski definition) is 6. The third-order valence-corrected chi connectivity index (χ3v) is 2.14. The van der Waals surface area contributed by atoms with E-state index in [1.54, 1.807) is 0 Å². The molecule has 3 N–H and O–H groups in total. The minimum Gasteiger partial charge on any atom is -0.393 e. The van der Waals surface area contributed by atoms with Crippen LogP contribution in [0.15, 0.2) is 0 Å². The fourth-order valence-electron chi connectivity index (χ4n) is 1.30. The van der Waals surface area contributed by atoms with Crippen LogP contribution >= 0.6 is 0 Å². The van der Waals surface area contributed by atoms with Gasteiger partial charge in [0.15, 0.2) is 18.2 Å². The Morgan fingerprint density at radius 3 is 2.31 bits per heavy atom. The molecule has 0 saturated carbocycles. The second-order valence-electron chi connectivity index (χ2n) is 2.90. The van der Waals surface area contributed by atoms with Crippen LogP contribution in [-0.4, -0.2) is 60.4 Å². The van der Waals surface area contributed by atoms with Crippen LogP contribution in [0, 0.1) is 0 Å². The van der Waals surface area contributed by atoms with Crippen LogP contribution in [-0.2, 0) is 14.2 Å². The smallest absolute Gasteiger partial charge is 0.194 e. The topological polar surface area (TPSA) is 88.4 Å². The van der Waals surface area contributed by atoms with Gasteiger partial charge in [0.25, 0.3) is 0 Å². The Hall–Kier alpha value is -0.240. The molecule has 0 aromatic carbocycles. The molecule has 0 aromatic heterocycles. The van der Waals surface area contributed by atoms with Gasteiger partial charge in [-0.15, -0.1) is 0 Å². The second kappa shape index (κ2) is 3.87. The Kier molecular flexibility index (Phi) is 3.23. The lowest BCUT2D eigenvalue weighted by atomic mass is 9.99. The van der Waals surface area contributed by atoms with Crippen LogP contribution in [0.2, 0.25) is 0 Å². The molecule has 6 heteroatoms. The molecule has 4 atom stereocenters. The molecule has 78 valence electrons. The zero-order valence-corrected chi connectivity index (χ0v) is 7.51. The monoisotopic (exact) mass is 194 g/mol. The van der Waals surface area contributed by atoms with Gasteiger partial charge in [-0.3, -0.25) is 0 Å². The highest BCUT2D eigenvalue weighted by atomic mass is 16.8. The van der Waals surface area contributed by atoms with Crippen molar-refractivity contribution in [2.45, 2.75) is 24.3 Å². The first-order valence-corrected chi connectivity index (χ1v) is 3.82. The molecule has 1 saturated heterocycles. The van der Waals surface area contributed by atoms with Gasteiger partial charge >= 0.3 is 0 Å². The van der Waals surface area contributed by atoms with E-state index in [4.69, 9.17) is 19.3 Å². The second-order valence-corrected chi connectivity index (χ2v) is 2.90. The predicted octanol–water partition coefficient (Wildman–Crippen LogP) is -1.95. The molecule has 0 radical (unpaired) electrons. The summed E-state index contributed by atoms with van der Waals surface area (Å²) in [5, 5.41) is 28.1. The van der Waals surface area contributed by atoms with Gasteiger partial charge < -0.3 is 29.5 Å². The summed E-state index contributed by atoms with van der Waals surface area (Å²) < 4.78 is 14.5. The van der Waals surface area contributed by atoms with Crippen LogP contribution in [0.4, 0.5) is 0 Å². The number of aliphatic hydroxyl groups excluding tert-OH is 2.